The van der Waals surface area contributed by atoms with Gasteiger partial charge in [0, 0.05) is 9.41 Å². The van der Waals surface area contributed by atoms with Gasteiger partial charge in [0.1, 0.15) is 0 Å². The summed E-state index contributed by atoms with van der Waals surface area (Å²) in [6, 6.07) is 0. The molecule has 0 amide bonds. The molecular weight excluding hydrogens is 128 g/mol. The SMILES string of the molecule is C=c1sc(C)c(C)c1=C. The van der Waals surface area contributed by atoms with Gasteiger partial charge in [0.2, 0.25) is 0 Å². The number of hydrogen-bond donors (Lipinski definition) is 0. The topological polar surface area (TPSA) is 0 Å². The Morgan fingerprint density at radius 3 is 1.89 bits per heavy atom. The van der Waals surface area contributed by atoms with E-state index in [1.54, 1.807) is 11.3 Å². The van der Waals surface area contributed by atoms with E-state index in [0.717, 1.165) is 9.75 Å². The first-order chi connectivity index (χ1) is 4.13. The van der Waals surface area contributed by atoms with Crippen molar-refractivity contribution in [3.05, 3.63) is 20.2 Å². The number of hydrogen-bond acceptors (Lipinski definition) is 1. The molecule has 0 aliphatic heterocycles. The molecule has 0 aliphatic rings. The highest BCUT2D eigenvalue weighted by Gasteiger charge is 1.94. The average Bonchev–Trinajstić information content (AvgIpc) is 1.98. The van der Waals surface area contributed by atoms with E-state index in [4.69, 9.17) is 0 Å². The van der Waals surface area contributed by atoms with E-state index in [1.165, 1.54) is 10.4 Å². The smallest absolute Gasteiger partial charge is 0.0270 e. The summed E-state index contributed by atoms with van der Waals surface area (Å²) in [4.78, 5) is 1.34. The van der Waals surface area contributed by atoms with E-state index in [9.17, 15) is 0 Å². The molecule has 0 saturated heterocycles. The van der Waals surface area contributed by atoms with Crippen LogP contribution in [-0.4, -0.2) is 0 Å². The van der Waals surface area contributed by atoms with Crippen LogP contribution in [0.5, 0.6) is 0 Å². The van der Waals surface area contributed by atoms with Gasteiger partial charge in [-0.3, -0.25) is 0 Å². The quantitative estimate of drug-likeness (QED) is 0.505. The largest absolute Gasteiger partial charge is 0.141 e. The standard InChI is InChI=1S/C8H10S/c1-5-6(2)8(4)9-7(5)3/h1,3H2,2,4H3. The first-order valence-corrected chi connectivity index (χ1v) is 3.68. The van der Waals surface area contributed by atoms with Gasteiger partial charge >= 0.3 is 0 Å². The van der Waals surface area contributed by atoms with Gasteiger partial charge in [-0.2, -0.15) is 0 Å². The minimum atomic E-state index is 1.10. The molecule has 0 N–H and O–H groups in total. The lowest BCUT2D eigenvalue weighted by atomic mass is 10.2. The monoisotopic (exact) mass is 138 g/mol. The molecule has 48 valence electrons. The Morgan fingerprint density at radius 2 is 1.78 bits per heavy atom. The van der Waals surface area contributed by atoms with E-state index in [1.807, 2.05) is 0 Å². The van der Waals surface area contributed by atoms with Crippen LogP contribution in [0.25, 0.3) is 13.2 Å². The van der Waals surface area contributed by atoms with Crippen LogP contribution in [0.4, 0.5) is 0 Å². The van der Waals surface area contributed by atoms with Crippen molar-refractivity contribution in [3.8, 4) is 0 Å². The second kappa shape index (κ2) is 1.99. The van der Waals surface area contributed by atoms with Crippen LogP contribution < -0.4 is 9.75 Å². The van der Waals surface area contributed by atoms with Gasteiger partial charge < -0.3 is 0 Å². The van der Waals surface area contributed by atoms with E-state index in [0.29, 0.717) is 0 Å². The fourth-order valence-electron chi connectivity index (χ4n) is 0.745. The van der Waals surface area contributed by atoms with Gasteiger partial charge in [-0.15, -0.1) is 11.3 Å². The summed E-state index contributed by atoms with van der Waals surface area (Å²) in [5.74, 6) is 0. The van der Waals surface area contributed by atoms with Gasteiger partial charge in [-0.25, -0.2) is 0 Å². The lowest BCUT2D eigenvalue weighted by Crippen LogP contribution is -2.15. The molecule has 9 heavy (non-hydrogen) atoms. The van der Waals surface area contributed by atoms with E-state index < -0.39 is 0 Å². The van der Waals surface area contributed by atoms with Crippen molar-refractivity contribution in [2.75, 3.05) is 0 Å². The van der Waals surface area contributed by atoms with Crippen LogP contribution in [0.1, 0.15) is 10.4 Å². The molecule has 0 unspecified atom stereocenters. The Kier molecular flexibility index (Phi) is 1.45. The Morgan fingerprint density at radius 1 is 1.22 bits per heavy atom. The predicted molar refractivity (Wildman–Crippen MR) is 44.1 cm³/mol. The molecule has 0 bridgehead atoms. The minimum absolute atomic E-state index is 1.10. The second-order valence-corrected chi connectivity index (χ2v) is 3.49. The molecule has 0 aliphatic carbocycles. The summed E-state index contributed by atoms with van der Waals surface area (Å²) in [5, 5.41) is 1.11. The molecule has 1 rings (SSSR count). The molecule has 1 aromatic heterocycles. The molecule has 0 fully saturated rings. The van der Waals surface area contributed by atoms with Crippen molar-refractivity contribution < 1.29 is 0 Å². The van der Waals surface area contributed by atoms with Gasteiger partial charge in [0.25, 0.3) is 0 Å². The number of aryl methyl sites for hydroxylation is 1. The average molecular weight is 138 g/mol. The third-order valence-corrected chi connectivity index (χ3v) is 2.70. The van der Waals surface area contributed by atoms with Crippen LogP contribution in [-0.2, 0) is 0 Å². The molecule has 0 atom stereocenters. The van der Waals surface area contributed by atoms with E-state index >= 15 is 0 Å². The van der Waals surface area contributed by atoms with Crippen molar-refractivity contribution in [2.45, 2.75) is 13.8 Å². The fourth-order valence-corrected chi connectivity index (χ4v) is 1.67. The van der Waals surface area contributed by atoms with E-state index in [-0.39, 0.29) is 0 Å². The first kappa shape index (κ1) is 6.56. The molecular formula is C8H10S. The van der Waals surface area contributed by atoms with Crippen LogP contribution >= 0.6 is 11.3 Å². The normalized spacial score (nSPS) is 10.0. The van der Waals surface area contributed by atoms with Crippen LogP contribution in [0.15, 0.2) is 0 Å². The van der Waals surface area contributed by atoms with Crippen LogP contribution in [0.2, 0.25) is 0 Å². The lowest BCUT2D eigenvalue weighted by molar-refractivity contribution is 1.40. The molecule has 1 aromatic rings. The van der Waals surface area contributed by atoms with Gasteiger partial charge in [-0.1, -0.05) is 13.2 Å². The third-order valence-electron chi connectivity index (χ3n) is 1.59. The van der Waals surface area contributed by atoms with E-state index in [2.05, 4.69) is 27.0 Å². The molecule has 1 heterocycles. The summed E-state index contributed by atoms with van der Waals surface area (Å²) in [7, 11) is 0. The van der Waals surface area contributed by atoms with Crippen LogP contribution in [0, 0.1) is 13.8 Å². The maximum absolute atomic E-state index is 3.89. The molecule has 0 spiro atoms. The van der Waals surface area contributed by atoms with Crippen LogP contribution in [0.3, 0.4) is 0 Å². The summed E-state index contributed by atoms with van der Waals surface area (Å²) in [5.41, 5.74) is 1.30. The zero-order chi connectivity index (χ0) is 7.02. The Labute approximate surface area is 59.2 Å². The van der Waals surface area contributed by atoms with Crippen molar-refractivity contribution in [1.29, 1.82) is 0 Å². The Balaban J connectivity index is 3.68. The highest BCUT2D eigenvalue weighted by Crippen LogP contribution is 2.01. The third kappa shape index (κ3) is 0.924. The predicted octanol–water partition coefficient (Wildman–Crippen LogP) is 1.19. The zero-order valence-corrected chi connectivity index (χ0v) is 6.64. The highest BCUT2D eigenvalue weighted by molar-refractivity contribution is 7.09. The Bertz CT molecular complexity index is 306. The van der Waals surface area contributed by atoms with Crippen molar-refractivity contribution in [3.63, 3.8) is 0 Å². The first-order valence-electron chi connectivity index (χ1n) is 2.87. The summed E-state index contributed by atoms with van der Waals surface area (Å²) in [6.45, 7) is 11.9. The highest BCUT2D eigenvalue weighted by atomic mass is 32.1. The van der Waals surface area contributed by atoms with Gasteiger partial charge in [0.05, 0.1) is 0 Å². The molecule has 1 heteroatoms. The summed E-state index contributed by atoms with van der Waals surface area (Å²) in [6.07, 6.45) is 0. The fraction of sp³-hybridized carbons (Fsp3) is 0.250. The maximum atomic E-state index is 3.89. The zero-order valence-electron chi connectivity index (χ0n) is 5.82. The minimum Gasteiger partial charge on any atom is -0.141 e. The van der Waals surface area contributed by atoms with Crippen molar-refractivity contribution in [1.82, 2.24) is 0 Å². The number of rotatable bonds is 0. The molecule has 0 saturated carbocycles. The summed E-state index contributed by atoms with van der Waals surface area (Å²) < 4.78 is 1.10. The lowest BCUT2D eigenvalue weighted by Gasteiger charge is -1.81. The van der Waals surface area contributed by atoms with Gasteiger partial charge in [-0.05, 0) is 24.6 Å². The summed E-state index contributed by atoms with van der Waals surface area (Å²) >= 11 is 1.72. The van der Waals surface area contributed by atoms with Crippen molar-refractivity contribution >= 4 is 24.5 Å². The maximum Gasteiger partial charge on any atom is 0.0270 e. The number of thiophene rings is 1. The second-order valence-electron chi connectivity index (χ2n) is 2.18. The molecule has 0 aromatic carbocycles. The molecule has 0 nitrogen and oxygen atoms in total. The van der Waals surface area contributed by atoms with Gasteiger partial charge in [0.15, 0.2) is 0 Å². The van der Waals surface area contributed by atoms with Crippen molar-refractivity contribution in [2.24, 2.45) is 0 Å². The Hall–Kier alpha value is -0.560. The molecule has 0 radical (unpaired) electrons.